The SMILES string of the molecule is ClCc1cccc(-c2ccc(Br)cc2)c1Br. The number of rotatable bonds is 2. The van der Waals surface area contributed by atoms with Crippen LogP contribution in [0.15, 0.2) is 51.4 Å². The van der Waals surface area contributed by atoms with Crippen molar-refractivity contribution in [2.24, 2.45) is 0 Å². The van der Waals surface area contributed by atoms with E-state index in [-0.39, 0.29) is 0 Å². The van der Waals surface area contributed by atoms with Gasteiger partial charge in [0.2, 0.25) is 0 Å². The molecule has 0 N–H and O–H groups in total. The van der Waals surface area contributed by atoms with Gasteiger partial charge < -0.3 is 0 Å². The molecule has 82 valence electrons. The fourth-order valence-corrected chi connectivity index (χ4v) is 2.82. The summed E-state index contributed by atoms with van der Waals surface area (Å²) in [5, 5.41) is 0. The van der Waals surface area contributed by atoms with Crippen LogP contribution in [-0.2, 0) is 5.88 Å². The molecule has 0 atom stereocenters. The van der Waals surface area contributed by atoms with Gasteiger partial charge in [0.05, 0.1) is 0 Å². The minimum absolute atomic E-state index is 0.519. The molecule has 0 radical (unpaired) electrons. The van der Waals surface area contributed by atoms with Crippen LogP contribution in [0.1, 0.15) is 5.56 Å². The van der Waals surface area contributed by atoms with Gasteiger partial charge in [-0.3, -0.25) is 0 Å². The van der Waals surface area contributed by atoms with Gasteiger partial charge in [0.1, 0.15) is 0 Å². The van der Waals surface area contributed by atoms with E-state index in [4.69, 9.17) is 11.6 Å². The number of alkyl halides is 1. The van der Waals surface area contributed by atoms with Crippen LogP contribution in [0.25, 0.3) is 11.1 Å². The van der Waals surface area contributed by atoms with E-state index in [1.165, 1.54) is 11.1 Å². The highest BCUT2D eigenvalue weighted by atomic mass is 79.9. The molecular formula is C13H9Br2Cl. The highest BCUT2D eigenvalue weighted by molar-refractivity contribution is 9.10. The van der Waals surface area contributed by atoms with Crippen molar-refractivity contribution >= 4 is 43.5 Å². The maximum atomic E-state index is 5.88. The first-order valence-corrected chi connectivity index (χ1v) is 6.93. The Morgan fingerprint density at radius 3 is 2.25 bits per heavy atom. The lowest BCUT2D eigenvalue weighted by Crippen LogP contribution is -1.85. The van der Waals surface area contributed by atoms with Crippen LogP contribution in [0.2, 0.25) is 0 Å². The van der Waals surface area contributed by atoms with Gasteiger partial charge in [-0.25, -0.2) is 0 Å². The number of halogens is 3. The third-order valence-electron chi connectivity index (χ3n) is 2.38. The molecule has 0 amide bonds. The van der Waals surface area contributed by atoms with E-state index < -0.39 is 0 Å². The lowest BCUT2D eigenvalue weighted by Gasteiger charge is -2.08. The molecule has 16 heavy (non-hydrogen) atoms. The first-order valence-electron chi connectivity index (χ1n) is 4.81. The monoisotopic (exact) mass is 358 g/mol. The van der Waals surface area contributed by atoms with Crippen molar-refractivity contribution in [3.63, 3.8) is 0 Å². The Balaban J connectivity index is 2.51. The summed E-state index contributed by atoms with van der Waals surface area (Å²) in [4.78, 5) is 0. The Hall–Kier alpha value is -0.310. The molecule has 0 aliphatic heterocycles. The van der Waals surface area contributed by atoms with Crippen LogP contribution >= 0.6 is 43.5 Å². The minimum atomic E-state index is 0.519. The second-order valence-electron chi connectivity index (χ2n) is 3.42. The van der Waals surface area contributed by atoms with Crippen molar-refractivity contribution in [1.29, 1.82) is 0 Å². The quantitative estimate of drug-likeness (QED) is 0.610. The lowest BCUT2D eigenvalue weighted by atomic mass is 10.0. The van der Waals surface area contributed by atoms with E-state index >= 15 is 0 Å². The third kappa shape index (κ3) is 2.50. The molecule has 0 aliphatic rings. The lowest BCUT2D eigenvalue weighted by molar-refractivity contribution is 1.37. The predicted molar refractivity (Wildman–Crippen MR) is 76.8 cm³/mol. The van der Waals surface area contributed by atoms with Crippen molar-refractivity contribution in [3.8, 4) is 11.1 Å². The van der Waals surface area contributed by atoms with Gasteiger partial charge in [0.15, 0.2) is 0 Å². The smallest absolute Gasteiger partial charge is 0.0485 e. The zero-order chi connectivity index (χ0) is 11.5. The molecule has 2 aromatic carbocycles. The fourth-order valence-electron chi connectivity index (χ4n) is 1.54. The maximum absolute atomic E-state index is 5.88. The van der Waals surface area contributed by atoms with Crippen molar-refractivity contribution in [3.05, 3.63) is 57.0 Å². The van der Waals surface area contributed by atoms with E-state index in [2.05, 4.69) is 50.1 Å². The van der Waals surface area contributed by atoms with E-state index in [0.29, 0.717) is 5.88 Å². The standard InChI is InChI=1S/C13H9Br2Cl/c14-11-6-4-9(5-7-11)12-3-1-2-10(8-16)13(12)15/h1-7H,8H2. The summed E-state index contributed by atoms with van der Waals surface area (Å²) in [5.41, 5.74) is 3.47. The summed E-state index contributed by atoms with van der Waals surface area (Å²) >= 11 is 12.9. The van der Waals surface area contributed by atoms with Gasteiger partial charge in [0, 0.05) is 14.8 Å². The molecule has 0 saturated carbocycles. The Morgan fingerprint density at radius 2 is 1.62 bits per heavy atom. The van der Waals surface area contributed by atoms with Crippen molar-refractivity contribution in [1.82, 2.24) is 0 Å². The van der Waals surface area contributed by atoms with Crippen molar-refractivity contribution < 1.29 is 0 Å². The average molecular weight is 360 g/mol. The summed E-state index contributed by atoms with van der Waals surface area (Å²) < 4.78 is 2.16. The first-order chi connectivity index (χ1) is 7.72. The van der Waals surface area contributed by atoms with Gasteiger partial charge >= 0.3 is 0 Å². The molecule has 0 saturated heterocycles. The van der Waals surface area contributed by atoms with E-state index in [9.17, 15) is 0 Å². The molecule has 0 aromatic heterocycles. The van der Waals surface area contributed by atoms with Crippen LogP contribution < -0.4 is 0 Å². The second kappa shape index (κ2) is 5.35. The van der Waals surface area contributed by atoms with Gasteiger partial charge in [-0.1, -0.05) is 46.3 Å². The summed E-state index contributed by atoms with van der Waals surface area (Å²) in [6.07, 6.45) is 0. The molecule has 0 aliphatic carbocycles. The second-order valence-corrected chi connectivity index (χ2v) is 5.40. The highest BCUT2D eigenvalue weighted by Gasteiger charge is 2.06. The van der Waals surface area contributed by atoms with Crippen LogP contribution in [-0.4, -0.2) is 0 Å². The molecule has 0 bridgehead atoms. The highest BCUT2D eigenvalue weighted by Crippen LogP contribution is 2.32. The molecule has 0 spiro atoms. The van der Waals surface area contributed by atoms with Gasteiger partial charge in [-0.05, 0) is 44.8 Å². The number of hydrogen-bond donors (Lipinski definition) is 0. The van der Waals surface area contributed by atoms with E-state index in [0.717, 1.165) is 14.5 Å². The molecule has 0 unspecified atom stereocenters. The van der Waals surface area contributed by atoms with Gasteiger partial charge in [-0.2, -0.15) is 0 Å². The minimum Gasteiger partial charge on any atom is -0.122 e. The molecular weight excluding hydrogens is 351 g/mol. The fraction of sp³-hybridized carbons (Fsp3) is 0.0769. The number of benzene rings is 2. The third-order valence-corrected chi connectivity index (χ3v) is 4.13. The predicted octanol–water partition coefficient (Wildman–Crippen LogP) is 5.62. The Labute approximate surface area is 117 Å². The van der Waals surface area contributed by atoms with Crippen molar-refractivity contribution in [2.75, 3.05) is 0 Å². The Kier molecular flexibility index (Phi) is 4.06. The largest absolute Gasteiger partial charge is 0.122 e. The van der Waals surface area contributed by atoms with Crippen LogP contribution in [0, 0.1) is 0 Å². The van der Waals surface area contributed by atoms with Crippen LogP contribution in [0.4, 0.5) is 0 Å². The summed E-state index contributed by atoms with van der Waals surface area (Å²) in [7, 11) is 0. The average Bonchev–Trinajstić information content (AvgIpc) is 2.31. The molecule has 0 heterocycles. The summed E-state index contributed by atoms with van der Waals surface area (Å²) in [6.45, 7) is 0. The van der Waals surface area contributed by atoms with Crippen molar-refractivity contribution in [2.45, 2.75) is 5.88 Å². The topological polar surface area (TPSA) is 0 Å². The Bertz CT molecular complexity index is 492. The summed E-state index contributed by atoms with van der Waals surface area (Å²) in [6, 6.07) is 14.4. The molecule has 2 rings (SSSR count). The molecule has 0 fully saturated rings. The zero-order valence-electron chi connectivity index (χ0n) is 8.38. The maximum Gasteiger partial charge on any atom is 0.0485 e. The summed E-state index contributed by atoms with van der Waals surface area (Å²) in [5.74, 6) is 0.519. The molecule has 2 aromatic rings. The first kappa shape index (κ1) is 12.2. The Morgan fingerprint density at radius 1 is 0.938 bits per heavy atom. The van der Waals surface area contributed by atoms with Gasteiger partial charge in [-0.15, -0.1) is 11.6 Å². The van der Waals surface area contributed by atoms with E-state index in [1.54, 1.807) is 0 Å². The van der Waals surface area contributed by atoms with Crippen LogP contribution in [0.5, 0.6) is 0 Å². The zero-order valence-corrected chi connectivity index (χ0v) is 12.3. The van der Waals surface area contributed by atoms with E-state index in [1.807, 2.05) is 24.3 Å². The molecule has 3 heteroatoms. The van der Waals surface area contributed by atoms with Crippen LogP contribution in [0.3, 0.4) is 0 Å². The van der Waals surface area contributed by atoms with Gasteiger partial charge in [0.25, 0.3) is 0 Å². The number of hydrogen-bond acceptors (Lipinski definition) is 0. The normalized spacial score (nSPS) is 10.4. The molecule has 0 nitrogen and oxygen atoms in total.